The summed E-state index contributed by atoms with van der Waals surface area (Å²) < 4.78 is 21.5. The molecule has 12 atom stereocenters. The fourth-order valence-electron chi connectivity index (χ4n) is 12.2. The molecule has 1 saturated heterocycles. The van der Waals surface area contributed by atoms with Gasteiger partial charge in [-0.05, 0) is 62.8 Å². The zero-order valence-corrected chi connectivity index (χ0v) is 57.2. The number of fused-ring (bicyclic) bond motifs is 2. The number of aromatic hydroxyl groups is 1. The molecule has 2 aromatic heterocycles. The molecule has 33 heteroatoms. The van der Waals surface area contributed by atoms with Gasteiger partial charge >= 0.3 is 23.3 Å². The van der Waals surface area contributed by atoms with Gasteiger partial charge in [-0.15, -0.1) is 0 Å². The van der Waals surface area contributed by atoms with Crippen molar-refractivity contribution in [3.63, 3.8) is 0 Å². The van der Waals surface area contributed by atoms with Crippen LogP contribution in [0.15, 0.2) is 110 Å². The number of allylic oxidation sites excluding steroid dienone is 1. The van der Waals surface area contributed by atoms with Crippen molar-refractivity contribution >= 4 is 70.3 Å². The smallest absolute Gasteiger partial charge is 0.347 e. The van der Waals surface area contributed by atoms with E-state index in [0.29, 0.717) is 40.1 Å². The molecule has 33 nitrogen and oxygen atoms in total. The molecule has 0 bridgehead atoms. The number of carboxylic acid groups (broad SMARTS) is 2. The van der Waals surface area contributed by atoms with Gasteiger partial charge in [0.05, 0.1) is 61.3 Å². The quantitative estimate of drug-likeness (QED) is 0.0162. The first kappa shape index (κ1) is 76.2. The van der Waals surface area contributed by atoms with Crippen LogP contribution in [-0.2, 0) is 80.7 Å². The predicted molar refractivity (Wildman–Crippen MR) is 362 cm³/mol. The van der Waals surface area contributed by atoms with Crippen LogP contribution in [0.4, 0.5) is 0 Å². The van der Waals surface area contributed by atoms with Gasteiger partial charge in [-0.25, -0.2) is 38.1 Å². The van der Waals surface area contributed by atoms with Crippen molar-refractivity contribution in [2.45, 2.75) is 141 Å². The van der Waals surface area contributed by atoms with E-state index in [1.807, 2.05) is 30.3 Å². The van der Waals surface area contributed by atoms with Gasteiger partial charge in [-0.3, -0.25) is 43.3 Å². The van der Waals surface area contributed by atoms with Crippen LogP contribution in [0, 0.1) is 17.8 Å². The number of methoxy groups -OCH3 is 3. The number of hydrogen-bond donors (Lipinski definition) is 11. The van der Waals surface area contributed by atoms with Crippen LogP contribution in [0.2, 0.25) is 0 Å². The van der Waals surface area contributed by atoms with Gasteiger partial charge in [0, 0.05) is 71.6 Å². The van der Waals surface area contributed by atoms with Crippen LogP contribution in [-0.4, -0.2) is 180 Å². The number of aryl methyl sites for hydroxylation is 2. The molecular weight excluding hydrogens is 1300 g/mol. The average molecular weight is 1390 g/mol. The summed E-state index contributed by atoms with van der Waals surface area (Å²) in [4.78, 5) is 182. The van der Waals surface area contributed by atoms with Crippen LogP contribution in [0.5, 0.6) is 17.2 Å². The van der Waals surface area contributed by atoms with E-state index in [2.05, 4.69) is 48.5 Å². The molecule has 100 heavy (non-hydrogen) atoms. The summed E-state index contributed by atoms with van der Waals surface area (Å²) in [6.45, 7) is 10.2. The van der Waals surface area contributed by atoms with Gasteiger partial charge in [0.2, 0.25) is 35.4 Å². The van der Waals surface area contributed by atoms with E-state index < -0.39 is 168 Å². The molecule has 5 aromatic rings. The number of ether oxygens (including phenoxy) is 3. The second kappa shape index (κ2) is 33.4. The fourth-order valence-corrected chi connectivity index (χ4v) is 12.2. The van der Waals surface area contributed by atoms with Crippen molar-refractivity contribution in [3.8, 4) is 17.2 Å². The Kier molecular flexibility index (Phi) is 25.5. The SMILES string of the molecule is C=C1C(=O)N[C@H](C)C(=O)N[C@@H](Cc2ccc(O)cc2)C(=O)NC(C(=O)O)[C@H](C)C(=O)NC(CCCN=C(N)N)C(=O)NC(C2C=C(C)C([C@H](C)[C@H](Cc3ccccc3)OC)n3c(=O)n(CCc4nc5cc(OC)c(OC)cc5n(C)c4=O)c(=O)n32)[C@H](C)C(=O)N[C@@H](C(=O)O)CCC(=O)N1C. The number of phenols is 1. The lowest BCUT2D eigenvalue weighted by molar-refractivity contribution is -0.146. The Labute approximate surface area is 574 Å². The Morgan fingerprint density at radius 1 is 0.750 bits per heavy atom. The summed E-state index contributed by atoms with van der Waals surface area (Å²) in [6, 6.07) is 4.69. The summed E-state index contributed by atoms with van der Waals surface area (Å²) in [6.07, 6.45) is -1.09. The lowest BCUT2D eigenvalue weighted by Gasteiger charge is -2.40. The van der Waals surface area contributed by atoms with E-state index in [1.165, 1.54) is 75.7 Å². The highest BCUT2D eigenvalue weighted by atomic mass is 16.5. The molecule has 4 heterocycles. The number of aliphatic carboxylic acids is 2. The van der Waals surface area contributed by atoms with Gasteiger partial charge in [0.15, 0.2) is 17.5 Å². The van der Waals surface area contributed by atoms with Crippen LogP contribution < -0.4 is 69.8 Å². The van der Waals surface area contributed by atoms with Crippen molar-refractivity contribution < 1.29 is 72.7 Å². The van der Waals surface area contributed by atoms with Crippen LogP contribution in [0.3, 0.4) is 0 Å². The number of nitrogens with one attached hydrogen (secondary N) is 6. The molecule has 7 amide bonds. The van der Waals surface area contributed by atoms with Gasteiger partial charge < -0.3 is 82.4 Å². The van der Waals surface area contributed by atoms with Crippen LogP contribution >= 0.6 is 0 Å². The minimum absolute atomic E-state index is 0.0603. The Bertz CT molecular complexity index is 4180. The first-order valence-electron chi connectivity index (χ1n) is 32.2. The molecule has 0 aliphatic carbocycles. The lowest BCUT2D eigenvalue weighted by Crippen LogP contribution is -2.60. The minimum atomic E-state index is -2.10. The van der Waals surface area contributed by atoms with Crippen molar-refractivity contribution in [2.75, 3.05) is 34.9 Å². The van der Waals surface area contributed by atoms with E-state index in [4.69, 9.17) is 25.7 Å². The molecule has 0 spiro atoms. The third-order valence-electron chi connectivity index (χ3n) is 18.2. The Balaban J connectivity index is 1.39. The highest BCUT2D eigenvalue weighted by Gasteiger charge is 2.45. The maximum atomic E-state index is 15.7. The molecule has 13 N–H and O–H groups in total. The maximum Gasteiger partial charge on any atom is 0.347 e. The second-order valence-electron chi connectivity index (χ2n) is 24.9. The Hall–Kier alpha value is -11.1. The molecule has 0 saturated carbocycles. The predicted octanol–water partition coefficient (Wildman–Crippen LogP) is -0.608. The summed E-state index contributed by atoms with van der Waals surface area (Å²) in [5.74, 6) is -14.7. The zero-order valence-electron chi connectivity index (χ0n) is 57.2. The summed E-state index contributed by atoms with van der Waals surface area (Å²) in [5, 5.41) is 46.3. The first-order valence-corrected chi connectivity index (χ1v) is 32.2. The number of rotatable bonds is 19. The van der Waals surface area contributed by atoms with Gasteiger partial charge in [0.25, 0.3) is 11.5 Å². The minimum Gasteiger partial charge on any atom is -0.508 e. The van der Waals surface area contributed by atoms with Gasteiger partial charge in [-0.2, -0.15) is 0 Å². The van der Waals surface area contributed by atoms with Crippen molar-refractivity contribution in [3.05, 3.63) is 139 Å². The number of carbonyl (C=O) groups excluding carboxylic acids is 7. The number of amides is 7. The van der Waals surface area contributed by atoms with E-state index in [0.717, 1.165) is 33.7 Å². The normalized spacial score (nSPS) is 23.1. The molecule has 3 aromatic carbocycles. The van der Waals surface area contributed by atoms with Crippen molar-refractivity contribution in [2.24, 2.45) is 41.3 Å². The van der Waals surface area contributed by atoms with Crippen LogP contribution in [0.25, 0.3) is 11.0 Å². The Morgan fingerprint density at radius 2 is 1.37 bits per heavy atom. The number of hydrogen-bond acceptors (Lipinski definition) is 18. The molecule has 2 aliphatic heterocycles. The maximum absolute atomic E-state index is 15.7. The number of carbonyl (C=O) groups is 9. The van der Waals surface area contributed by atoms with E-state index in [-0.39, 0.29) is 49.6 Å². The zero-order chi connectivity index (χ0) is 73.7. The number of nitrogens with two attached hydrogens (primary N) is 2. The summed E-state index contributed by atoms with van der Waals surface area (Å²) in [5.41, 5.74) is 10.5. The van der Waals surface area contributed by atoms with Gasteiger partial charge in [-0.1, -0.05) is 81.5 Å². The number of nitrogens with zero attached hydrogens (tertiary/aromatic N) is 7. The van der Waals surface area contributed by atoms with E-state index >= 15 is 19.2 Å². The number of aliphatic imine (C=N–C) groups is 1. The van der Waals surface area contributed by atoms with Crippen LogP contribution in [0.1, 0.15) is 89.2 Å². The molecule has 2 aliphatic rings. The number of carboxylic acids is 2. The van der Waals surface area contributed by atoms with E-state index in [1.54, 1.807) is 32.1 Å². The largest absolute Gasteiger partial charge is 0.508 e. The average Bonchev–Trinajstić information content (AvgIpc) is 1.55. The lowest BCUT2D eigenvalue weighted by atomic mass is 9.84. The van der Waals surface area contributed by atoms with E-state index in [9.17, 15) is 53.7 Å². The number of aromatic nitrogens is 5. The van der Waals surface area contributed by atoms with Crippen molar-refractivity contribution in [1.29, 1.82) is 0 Å². The molecule has 1 fully saturated rings. The summed E-state index contributed by atoms with van der Waals surface area (Å²) >= 11 is 0. The Morgan fingerprint density at radius 3 is 1.99 bits per heavy atom. The number of benzene rings is 3. The highest BCUT2D eigenvalue weighted by molar-refractivity contribution is 6.00. The standard InChI is InChI=1S/C67H87N15O18/c1-33-28-48(81-66(96)80(67(97)82(81)55(33)34(2)49(98-9)30-39-16-13-12-14-17-39)27-25-43-62(91)79(8)47-32-51(100-11)50(99-10)31-45(47)72-43)53-35(3)56(85)74-44(63(92)93)23-24-52(84)78(7)38(6)59(88)71-37(5)58(87)75-46(29-40-19-21-41(83)22-20-40)61(90)77-54(64(94)95)36(4)57(86)73-42(60(89)76-53)18-15-26-70-65(68)69/h12-14,16-17,19-22,28,31-32,34-37,42,44,46,48-49,53-55,83H,6,15,18,23-27,29-30H2,1-5,7-11H3,(H,71,88)(H,73,86)(H,74,85)(H,75,87)(H,76,89)(H,77,90)(H,92,93)(H,94,95)(H4,68,69,70)/t34-,35+,36+,37-,42?,44-,46+,48?,49+,53?,54?,55?/m1/s1. The molecule has 538 valence electrons. The van der Waals surface area contributed by atoms with Crippen molar-refractivity contribution in [1.82, 2.24) is 60.3 Å². The molecule has 5 unspecified atom stereocenters. The highest BCUT2D eigenvalue weighted by Crippen LogP contribution is 2.37. The monoisotopic (exact) mass is 1390 g/mol. The topological polar surface area (TPSA) is 466 Å². The molecule has 0 radical (unpaired) electrons. The number of phenolic OH excluding ortho intramolecular Hbond substituents is 1. The molecule has 7 rings (SSSR count). The second-order valence-corrected chi connectivity index (χ2v) is 24.9. The fraction of sp³-hybridized carbons (Fsp3) is 0.463. The molecular formula is C67H87N15O18. The third kappa shape index (κ3) is 17.8. The first-order chi connectivity index (χ1) is 47.3. The van der Waals surface area contributed by atoms with Gasteiger partial charge in [0.1, 0.15) is 47.3 Å². The summed E-state index contributed by atoms with van der Waals surface area (Å²) in [7, 11) is 6.98. The number of likely N-dealkylation sites (N-methyl/N-ethyl adjacent to an activating group) is 1. The number of guanidine groups is 1. The third-order valence-corrected chi connectivity index (χ3v) is 18.2.